The number of hydrogen-bond acceptors (Lipinski definition) is 2. The first-order chi connectivity index (χ1) is 10.3. The maximum absolute atomic E-state index is 12.8. The topological polar surface area (TPSA) is 37.6 Å². The molecular weight excluding hydrogens is 262 g/mol. The average Bonchev–Trinajstić information content (AvgIpc) is 3.02. The van der Waals surface area contributed by atoms with E-state index >= 15 is 0 Å². The minimum Gasteiger partial charge on any atom is -0.334 e. The summed E-state index contributed by atoms with van der Waals surface area (Å²) in [7, 11) is 0. The molecule has 0 atom stereocenters. The summed E-state index contributed by atoms with van der Waals surface area (Å²) in [5.74, 6) is 0.0568. The van der Waals surface area contributed by atoms with Crippen molar-refractivity contribution in [3.63, 3.8) is 0 Å². The van der Waals surface area contributed by atoms with Gasteiger partial charge in [0.05, 0.1) is 5.56 Å². The van der Waals surface area contributed by atoms with E-state index in [-0.39, 0.29) is 5.91 Å². The van der Waals surface area contributed by atoms with Crippen LogP contribution in [0.15, 0.2) is 55.0 Å². The minimum absolute atomic E-state index is 0.0568. The fourth-order valence-corrected chi connectivity index (χ4v) is 2.95. The molecule has 4 rings (SSSR count). The first-order valence-electron chi connectivity index (χ1n) is 7.11. The molecule has 0 saturated heterocycles. The zero-order valence-electron chi connectivity index (χ0n) is 11.6. The summed E-state index contributed by atoms with van der Waals surface area (Å²) in [6.45, 7) is 1.44. The molecule has 21 heavy (non-hydrogen) atoms. The molecule has 1 aliphatic rings. The molecule has 0 aliphatic carbocycles. The Hall–Kier alpha value is -2.62. The van der Waals surface area contributed by atoms with E-state index in [0.717, 1.165) is 18.6 Å². The van der Waals surface area contributed by atoms with Gasteiger partial charge in [0.1, 0.15) is 5.65 Å². The van der Waals surface area contributed by atoms with E-state index in [1.807, 2.05) is 39.9 Å². The summed E-state index contributed by atoms with van der Waals surface area (Å²) in [5.41, 5.74) is 3.98. The van der Waals surface area contributed by atoms with Gasteiger partial charge in [0.25, 0.3) is 5.91 Å². The molecule has 0 bridgehead atoms. The fourth-order valence-electron chi connectivity index (χ4n) is 2.95. The number of carbonyl (C=O) groups is 1. The van der Waals surface area contributed by atoms with Gasteiger partial charge in [-0.25, -0.2) is 4.98 Å². The third kappa shape index (κ3) is 2.00. The van der Waals surface area contributed by atoms with Crippen LogP contribution >= 0.6 is 0 Å². The van der Waals surface area contributed by atoms with Crippen molar-refractivity contribution >= 4 is 11.6 Å². The van der Waals surface area contributed by atoms with Crippen LogP contribution in [-0.4, -0.2) is 26.7 Å². The van der Waals surface area contributed by atoms with Crippen LogP contribution in [-0.2, 0) is 13.0 Å². The SMILES string of the molecule is O=C(c1cccn2ccnc12)N1CCc2ccccc2C1. The zero-order chi connectivity index (χ0) is 14.2. The zero-order valence-corrected chi connectivity index (χ0v) is 11.6. The molecule has 2 aromatic heterocycles. The highest BCUT2D eigenvalue weighted by molar-refractivity contribution is 5.99. The summed E-state index contributed by atoms with van der Waals surface area (Å²) in [5, 5.41) is 0. The Labute approximate surface area is 122 Å². The van der Waals surface area contributed by atoms with Gasteiger partial charge >= 0.3 is 0 Å². The number of carbonyl (C=O) groups excluding carboxylic acids is 1. The van der Waals surface area contributed by atoms with E-state index in [9.17, 15) is 4.79 Å². The van der Waals surface area contributed by atoms with Crippen LogP contribution in [0.4, 0.5) is 0 Å². The fraction of sp³-hybridized carbons (Fsp3) is 0.176. The van der Waals surface area contributed by atoms with Gasteiger partial charge in [-0.3, -0.25) is 4.79 Å². The Morgan fingerprint density at radius 2 is 1.90 bits per heavy atom. The third-order valence-electron chi connectivity index (χ3n) is 4.07. The van der Waals surface area contributed by atoms with Gasteiger partial charge in [-0.15, -0.1) is 0 Å². The average molecular weight is 277 g/mol. The second-order valence-electron chi connectivity index (χ2n) is 5.33. The van der Waals surface area contributed by atoms with Gasteiger partial charge in [0.2, 0.25) is 0 Å². The number of imidazole rings is 1. The first kappa shape index (κ1) is 12.1. The Morgan fingerprint density at radius 1 is 1.05 bits per heavy atom. The van der Waals surface area contributed by atoms with E-state index in [2.05, 4.69) is 23.2 Å². The molecule has 4 heteroatoms. The molecule has 0 spiro atoms. The minimum atomic E-state index is 0.0568. The van der Waals surface area contributed by atoms with Crippen molar-refractivity contribution in [3.8, 4) is 0 Å². The molecular formula is C17H15N3O. The number of nitrogens with zero attached hydrogens (tertiary/aromatic N) is 3. The smallest absolute Gasteiger partial charge is 0.257 e. The van der Waals surface area contributed by atoms with Crippen molar-refractivity contribution in [2.45, 2.75) is 13.0 Å². The van der Waals surface area contributed by atoms with Gasteiger partial charge in [0, 0.05) is 31.7 Å². The summed E-state index contributed by atoms with van der Waals surface area (Å²) >= 11 is 0. The van der Waals surface area contributed by atoms with Crippen LogP contribution in [0.1, 0.15) is 21.5 Å². The lowest BCUT2D eigenvalue weighted by Gasteiger charge is -2.29. The van der Waals surface area contributed by atoms with Crippen LogP contribution < -0.4 is 0 Å². The molecule has 1 aliphatic heterocycles. The molecule has 0 fully saturated rings. The van der Waals surface area contributed by atoms with E-state index in [4.69, 9.17) is 0 Å². The molecule has 0 saturated carbocycles. The maximum atomic E-state index is 12.8. The number of fused-ring (bicyclic) bond motifs is 2. The molecule has 3 aromatic rings. The third-order valence-corrected chi connectivity index (χ3v) is 4.07. The van der Waals surface area contributed by atoms with Gasteiger partial charge in [-0.05, 0) is 29.7 Å². The Balaban J connectivity index is 1.69. The molecule has 0 N–H and O–H groups in total. The number of pyridine rings is 1. The Morgan fingerprint density at radius 3 is 2.81 bits per heavy atom. The number of amides is 1. The number of rotatable bonds is 1. The predicted octanol–water partition coefficient (Wildman–Crippen LogP) is 2.53. The van der Waals surface area contributed by atoms with Crippen LogP contribution in [0.5, 0.6) is 0 Å². The second-order valence-corrected chi connectivity index (χ2v) is 5.33. The highest BCUT2D eigenvalue weighted by Crippen LogP contribution is 2.21. The first-order valence-corrected chi connectivity index (χ1v) is 7.11. The molecule has 1 aromatic carbocycles. The van der Waals surface area contributed by atoms with E-state index in [0.29, 0.717) is 12.1 Å². The molecule has 1 amide bonds. The Bertz CT molecular complexity index is 822. The van der Waals surface area contributed by atoms with Crippen LogP contribution in [0.2, 0.25) is 0 Å². The second kappa shape index (κ2) is 4.74. The largest absolute Gasteiger partial charge is 0.334 e. The monoisotopic (exact) mass is 277 g/mol. The van der Waals surface area contributed by atoms with E-state index in [1.165, 1.54) is 11.1 Å². The summed E-state index contributed by atoms with van der Waals surface area (Å²) in [4.78, 5) is 19.0. The van der Waals surface area contributed by atoms with Crippen molar-refractivity contribution < 1.29 is 4.79 Å². The molecule has 4 nitrogen and oxygen atoms in total. The van der Waals surface area contributed by atoms with Crippen LogP contribution in [0, 0.1) is 0 Å². The van der Waals surface area contributed by atoms with Gasteiger partial charge in [0.15, 0.2) is 0 Å². The Kier molecular flexibility index (Phi) is 2.74. The molecule has 0 unspecified atom stereocenters. The number of benzene rings is 1. The van der Waals surface area contributed by atoms with Crippen molar-refractivity contribution in [2.75, 3.05) is 6.54 Å². The highest BCUT2D eigenvalue weighted by Gasteiger charge is 2.23. The van der Waals surface area contributed by atoms with Crippen molar-refractivity contribution in [1.82, 2.24) is 14.3 Å². The highest BCUT2D eigenvalue weighted by atomic mass is 16.2. The maximum Gasteiger partial charge on any atom is 0.257 e. The lowest BCUT2D eigenvalue weighted by atomic mass is 9.99. The van der Waals surface area contributed by atoms with Crippen molar-refractivity contribution in [3.05, 3.63) is 71.7 Å². The normalized spacial score (nSPS) is 14.2. The predicted molar refractivity (Wildman–Crippen MR) is 80.1 cm³/mol. The standard InChI is InChI=1S/C17H15N3O/c21-17(15-6-3-9-19-11-8-18-16(15)19)20-10-7-13-4-1-2-5-14(13)12-20/h1-6,8-9,11H,7,10,12H2. The number of aromatic nitrogens is 2. The van der Waals surface area contributed by atoms with Crippen molar-refractivity contribution in [2.24, 2.45) is 0 Å². The lowest BCUT2D eigenvalue weighted by Crippen LogP contribution is -2.36. The molecule has 0 radical (unpaired) electrons. The van der Waals surface area contributed by atoms with Crippen LogP contribution in [0.3, 0.4) is 0 Å². The molecule has 3 heterocycles. The van der Waals surface area contributed by atoms with Gasteiger partial charge in [-0.2, -0.15) is 0 Å². The van der Waals surface area contributed by atoms with E-state index in [1.54, 1.807) is 6.20 Å². The lowest BCUT2D eigenvalue weighted by molar-refractivity contribution is 0.0736. The van der Waals surface area contributed by atoms with Crippen LogP contribution in [0.25, 0.3) is 5.65 Å². The van der Waals surface area contributed by atoms with Gasteiger partial charge in [-0.1, -0.05) is 24.3 Å². The van der Waals surface area contributed by atoms with Crippen molar-refractivity contribution in [1.29, 1.82) is 0 Å². The summed E-state index contributed by atoms with van der Waals surface area (Å²) in [6, 6.07) is 12.1. The summed E-state index contributed by atoms with van der Waals surface area (Å²) in [6.07, 6.45) is 6.40. The quantitative estimate of drug-likeness (QED) is 0.685. The number of hydrogen-bond donors (Lipinski definition) is 0. The molecule has 104 valence electrons. The van der Waals surface area contributed by atoms with Gasteiger partial charge < -0.3 is 9.30 Å². The summed E-state index contributed by atoms with van der Waals surface area (Å²) < 4.78 is 1.88. The van der Waals surface area contributed by atoms with E-state index < -0.39 is 0 Å².